The third-order valence-electron chi connectivity index (χ3n) is 3.56. The fraction of sp³-hybridized carbons (Fsp3) is 0.176. The summed E-state index contributed by atoms with van der Waals surface area (Å²) >= 11 is 1.41. The Kier molecular flexibility index (Phi) is 4.11. The van der Waals surface area contributed by atoms with Crippen molar-refractivity contribution in [3.8, 4) is 0 Å². The van der Waals surface area contributed by atoms with E-state index in [0.717, 1.165) is 10.9 Å². The molecule has 1 aromatic carbocycles. The molecule has 0 saturated carbocycles. The molecule has 1 unspecified atom stereocenters. The number of carbonyl (C=O) groups excluding carboxylic acids is 1. The fourth-order valence-corrected chi connectivity index (χ4v) is 3.14. The smallest absolute Gasteiger partial charge is 0.253 e. The maximum atomic E-state index is 13.7. The number of aliphatic hydroxyl groups is 1. The molecular weight excluding hydrogens is 315 g/mol. The number of aromatic nitrogens is 1. The zero-order valence-electron chi connectivity index (χ0n) is 12.4. The minimum atomic E-state index is -1.18. The molecule has 0 bridgehead atoms. The molecule has 0 fully saturated rings. The first-order chi connectivity index (χ1) is 11.0. The maximum absolute atomic E-state index is 13.7. The lowest BCUT2D eigenvalue weighted by atomic mass is 10.0. The van der Waals surface area contributed by atoms with E-state index in [9.17, 15) is 14.3 Å². The average Bonchev–Trinajstić information content (AvgIpc) is 3.07. The Morgan fingerprint density at radius 2 is 2.22 bits per heavy atom. The Hall–Kier alpha value is -2.31. The van der Waals surface area contributed by atoms with Gasteiger partial charge in [-0.2, -0.15) is 0 Å². The molecule has 0 spiro atoms. The zero-order valence-corrected chi connectivity index (χ0v) is 13.2. The number of pyridine rings is 1. The van der Waals surface area contributed by atoms with Gasteiger partial charge in [0.15, 0.2) is 0 Å². The summed E-state index contributed by atoms with van der Waals surface area (Å²) in [7, 11) is 0. The lowest BCUT2D eigenvalue weighted by Crippen LogP contribution is -2.38. The molecule has 0 aliphatic heterocycles. The van der Waals surface area contributed by atoms with E-state index in [2.05, 4.69) is 10.3 Å². The van der Waals surface area contributed by atoms with E-state index in [1.165, 1.54) is 17.4 Å². The van der Waals surface area contributed by atoms with E-state index in [4.69, 9.17) is 0 Å². The molecule has 118 valence electrons. The van der Waals surface area contributed by atoms with Crippen molar-refractivity contribution >= 4 is 28.1 Å². The number of amides is 1. The molecule has 2 aromatic heterocycles. The molecule has 0 aliphatic carbocycles. The highest BCUT2D eigenvalue weighted by atomic mass is 32.1. The van der Waals surface area contributed by atoms with Gasteiger partial charge in [-0.1, -0.05) is 12.1 Å². The lowest BCUT2D eigenvalue weighted by molar-refractivity contribution is 0.0557. The van der Waals surface area contributed by atoms with Gasteiger partial charge >= 0.3 is 0 Å². The Morgan fingerprint density at radius 1 is 1.39 bits per heavy atom. The topological polar surface area (TPSA) is 62.2 Å². The third-order valence-corrected chi connectivity index (χ3v) is 4.68. The van der Waals surface area contributed by atoms with Crippen LogP contribution in [0.1, 0.15) is 22.2 Å². The van der Waals surface area contributed by atoms with Gasteiger partial charge in [0.1, 0.15) is 11.4 Å². The molecule has 3 rings (SSSR count). The molecule has 4 nitrogen and oxygen atoms in total. The number of halogens is 1. The molecule has 0 aliphatic rings. The van der Waals surface area contributed by atoms with Gasteiger partial charge in [0.25, 0.3) is 5.91 Å². The van der Waals surface area contributed by atoms with Crippen LogP contribution in [0.3, 0.4) is 0 Å². The van der Waals surface area contributed by atoms with E-state index in [0.29, 0.717) is 10.9 Å². The summed E-state index contributed by atoms with van der Waals surface area (Å²) in [4.78, 5) is 17.3. The van der Waals surface area contributed by atoms with Crippen molar-refractivity contribution in [1.82, 2.24) is 10.3 Å². The van der Waals surface area contributed by atoms with Crippen molar-refractivity contribution in [3.05, 3.63) is 64.2 Å². The van der Waals surface area contributed by atoms with E-state index >= 15 is 0 Å². The summed E-state index contributed by atoms with van der Waals surface area (Å²) in [6.07, 6.45) is 1.55. The highest BCUT2D eigenvalue weighted by Gasteiger charge is 2.25. The number of carbonyl (C=O) groups is 1. The lowest BCUT2D eigenvalue weighted by Gasteiger charge is -2.22. The van der Waals surface area contributed by atoms with Crippen LogP contribution in [0.2, 0.25) is 0 Å². The van der Waals surface area contributed by atoms with Gasteiger partial charge in [-0.3, -0.25) is 9.78 Å². The largest absolute Gasteiger partial charge is 0.383 e. The van der Waals surface area contributed by atoms with Gasteiger partial charge in [0, 0.05) is 16.5 Å². The van der Waals surface area contributed by atoms with Gasteiger partial charge < -0.3 is 10.4 Å². The number of rotatable bonds is 4. The van der Waals surface area contributed by atoms with Gasteiger partial charge in [0.05, 0.1) is 17.6 Å². The van der Waals surface area contributed by atoms with E-state index in [1.807, 2.05) is 11.4 Å². The van der Waals surface area contributed by atoms with Crippen LogP contribution in [0.4, 0.5) is 4.39 Å². The molecule has 6 heteroatoms. The van der Waals surface area contributed by atoms with Crippen LogP contribution < -0.4 is 5.32 Å². The number of nitrogens with one attached hydrogen (secondary N) is 1. The van der Waals surface area contributed by atoms with Crippen molar-refractivity contribution in [1.29, 1.82) is 0 Å². The standard InChI is InChI=1S/C17H15FN2O2S/c1-17(22,14-5-3-7-23-14)10-20-16(21)13-9-12(18)8-11-4-2-6-19-15(11)13/h2-9,22H,10H2,1H3,(H,20,21). The second kappa shape index (κ2) is 6.06. The SMILES string of the molecule is CC(O)(CNC(=O)c1cc(F)cc2cccnc12)c1cccs1. The molecule has 2 heterocycles. The van der Waals surface area contributed by atoms with Gasteiger partial charge in [-0.25, -0.2) is 4.39 Å². The van der Waals surface area contributed by atoms with Crippen LogP contribution in [0.25, 0.3) is 10.9 Å². The molecule has 0 saturated heterocycles. The number of thiophene rings is 1. The predicted molar refractivity (Wildman–Crippen MR) is 87.9 cm³/mol. The molecule has 2 N–H and O–H groups in total. The molecule has 23 heavy (non-hydrogen) atoms. The molecule has 3 aromatic rings. The van der Waals surface area contributed by atoms with Gasteiger partial charge in [0.2, 0.25) is 0 Å². The normalized spacial score (nSPS) is 13.7. The first-order valence-electron chi connectivity index (χ1n) is 7.06. The Bertz CT molecular complexity index is 847. The summed E-state index contributed by atoms with van der Waals surface area (Å²) in [6.45, 7) is 1.65. The van der Waals surface area contributed by atoms with Crippen molar-refractivity contribution < 1.29 is 14.3 Å². The molecule has 1 amide bonds. The Labute approximate surface area is 136 Å². The minimum absolute atomic E-state index is 0.0250. The Balaban J connectivity index is 1.84. The second-order valence-electron chi connectivity index (χ2n) is 5.46. The minimum Gasteiger partial charge on any atom is -0.383 e. The molecular formula is C17H15FN2O2S. The quantitative estimate of drug-likeness (QED) is 0.773. The zero-order chi connectivity index (χ0) is 16.4. The summed E-state index contributed by atoms with van der Waals surface area (Å²) < 4.78 is 13.7. The maximum Gasteiger partial charge on any atom is 0.253 e. The predicted octanol–water partition coefficient (Wildman–Crippen LogP) is 3.07. The number of nitrogens with zero attached hydrogens (tertiary/aromatic N) is 1. The highest BCUT2D eigenvalue weighted by molar-refractivity contribution is 7.10. The van der Waals surface area contributed by atoms with Crippen LogP contribution in [0.5, 0.6) is 0 Å². The molecule has 1 atom stereocenters. The summed E-state index contributed by atoms with van der Waals surface area (Å²) in [5.41, 5.74) is -0.592. The van der Waals surface area contributed by atoms with Gasteiger partial charge in [-0.05, 0) is 36.6 Å². The second-order valence-corrected chi connectivity index (χ2v) is 6.41. The summed E-state index contributed by atoms with van der Waals surface area (Å²) in [6, 6.07) is 9.51. The van der Waals surface area contributed by atoms with Crippen LogP contribution in [-0.2, 0) is 5.60 Å². The van der Waals surface area contributed by atoms with Crippen molar-refractivity contribution in [2.24, 2.45) is 0 Å². The molecule has 0 radical (unpaired) electrons. The van der Waals surface area contributed by atoms with E-state index < -0.39 is 17.3 Å². The van der Waals surface area contributed by atoms with Crippen molar-refractivity contribution in [2.45, 2.75) is 12.5 Å². The Morgan fingerprint density at radius 3 is 2.96 bits per heavy atom. The third kappa shape index (κ3) is 3.23. The average molecular weight is 330 g/mol. The first-order valence-corrected chi connectivity index (χ1v) is 7.94. The highest BCUT2D eigenvalue weighted by Crippen LogP contribution is 2.25. The number of fused-ring (bicyclic) bond motifs is 1. The van der Waals surface area contributed by atoms with Gasteiger partial charge in [-0.15, -0.1) is 11.3 Å². The first kappa shape index (κ1) is 15.6. The van der Waals surface area contributed by atoms with Crippen LogP contribution in [0.15, 0.2) is 48.0 Å². The summed E-state index contributed by atoms with van der Waals surface area (Å²) in [5.74, 6) is -0.967. The fourth-order valence-electron chi connectivity index (χ4n) is 2.35. The summed E-state index contributed by atoms with van der Waals surface area (Å²) in [5, 5.41) is 15.5. The van der Waals surface area contributed by atoms with E-state index in [-0.39, 0.29) is 12.1 Å². The number of hydrogen-bond donors (Lipinski definition) is 2. The van der Waals surface area contributed by atoms with Crippen LogP contribution >= 0.6 is 11.3 Å². The number of benzene rings is 1. The monoisotopic (exact) mass is 330 g/mol. The number of hydrogen-bond acceptors (Lipinski definition) is 4. The van der Waals surface area contributed by atoms with Crippen molar-refractivity contribution in [2.75, 3.05) is 6.54 Å². The van der Waals surface area contributed by atoms with Crippen LogP contribution in [0, 0.1) is 5.82 Å². The van der Waals surface area contributed by atoms with Crippen molar-refractivity contribution in [3.63, 3.8) is 0 Å². The van der Waals surface area contributed by atoms with Crippen LogP contribution in [-0.4, -0.2) is 22.5 Å². The van der Waals surface area contributed by atoms with E-state index in [1.54, 1.807) is 31.3 Å².